The highest BCUT2D eigenvalue weighted by Gasteiger charge is 2.32. The van der Waals surface area contributed by atoms with E-state index in [0.29, 0.717) is 5.56 Å². The van der Waals surface area contributed by atoms with Gasteiger partial charge >= 0.3 is 12.1 Å². The third-order valence-corrected chi connectivity index (χ3v) is 4.00. The van der Waals surface area contributed by atoms with E-state index in [2.05, 4.69) is 4.99 Å². The van der Waals surface area contributed by atoms with Crippen LogP contribution in [0.4, 0.5) is 13.2 Å². The smallest absolute Gasteiger partial charge is 0.416 e. The van der Waals surface area contributed by atoms with Gasteiger partial charge in [-0.05, 0) is 35.9 Å². The maximum Gasteiger partial charge on any atom is 0.416 e. The SMILES string of the molecule is CC1=NC(=Cc2cccc(Oc3c(Cl)cc(C(F)(F)F)cc3Cl)c2)C(=O)O1. The molecule has 9 heteroatoms. The highest BCUT2D eigenvalue weighted by Crippen LogP contribution is 2.41. The molecule has 1 aliphatic heterocycles. The van der Waals surface area contributed by atoms with Crippen LogP contribution in [-0.2, 0) is 15.7 Å². The number of nitrogens with zero attached hydrogens (tertiary/aromatic N) is 1. The Morgan fingerprint density at radius 2 is 1.81 bits per heavy atom. The van der Waals surface area contributed by atoms with Crippen molar-refractivity contribution in [1.29, 1.82) is 0 Å². The summed E-state index contributed by atoms with van der Waals surface area (Å²) in [7, 11) is 0. The van der Waals surface area contributed by atoms with Gasteiger partial charge in [-0.2, -0.15) is 13.2 Å². The Bertz CT molecular complexity index is 961. The Morgan fingerprint density at radius 1 is 1.15 bits per heavy atom. The third kappa shape index (κ3) is 4.43. The predicted molar refractivity (Wildman–Crippen MR) is 95.2 cm³/mol. The van der Waals surface area contributed by atoms with Gasteiger partial charge in [0.15, 0.2) is 17.3 Å². The maximum atomic E-state index is 12.8. The third-order valence-electron chi connectivity index (χ3n) is 3.43. The van der Waals surface area contributed by atoms with Gasteiger partial charge in [0, 0.05) is 6.92 Å². The highest BCUT2D eigenvalue weighted by molar-refractivity contribution is 6.37. The fourth-order valence-electron chi connectivity index (χ4n) is 2.28. The normalized spacial score (nSPS) is 15.7. The van der Waals surface area contributed by atoms with Gasteiger partial charge in [0.25, 0.3) is 0 Å². The van der Waals surface area contributed by atoms with E-state index in [-0.39, 0.29) is 33.1 Å². The Balaban J connectivity index is 1.89. The molecule has 0 atom stereocenters. The first-order chi connectivity index (χ1) is 12.6. The van der Waals surface area contributed by atoms with Gasteiger partial charge in [0.05, 0.1) is 15.6 Å². The summed E-state index contributed by atoms with van der Waals surface area (Å²) in [5, 5.41) is -0.559. The average molecular weight is 416 g/mol. The number of hydrogen-bond donors (Lipinski definition) is 0. The Labute approximate surface area is 161 Å². The zero-order valence-electron chi connectivity index (χ0n) is 13.6. The Morgan fingerprint density at radius 3 is 2.37 bits per heavy atom. The van der Waals surface area contributed by atoms with Crippen LogP contribution in [0.2, 0.25) is 10.0 Å². The van der Waals surface area contributed by atoms with Crippen LogP contribution < -0.4 is 4.74 Å². The largest absolute Gasteiger partial charge is 0.454 e. The number of benzene rings is 2. The molecular weight excluding hydrogens is 406 g/mol. The summed E-state index contributed by atoms with van der Waals surface area (Å²) in [5.41, 5.74) is -0.288. The van der Waals surface area contributed by atoms with Crippen molar-refractivity contribution in [3.05, 3.63) is 63.3 Å². The lowest BCUT2D eigenvalue weighted by Crippen LogP contribution is -2.05. The molecule has 0 saturated carbocycles. The van der Waals surface area contributed by atoms with Crippen LogP contribution in [0.1, 0.15) is 18.1 Å². The van der Waals surface area contributed by atoms with Gasteiger partial charge in [-0.15, -0.1) is 0 Å². The number of cyclic esters (lactones) is 1. The predicted octanol–water partition coefficient (Wildman–Crippen LogP) is 6.12. The molecule has 0 radical (unpaired) electrons. The topological polar surface area (TPSA) is 47.9 Å². The maximum absolute atomic E-state index is 12.8. The number of carbonyl (C=O) groups is 1. The van der Waals surface area contributed by atoms with Crippen LogP contribution in [0, 0.1) is 0 Å². The second-order valence-electron chi connectivity index (χ2n) is 5.49. The summed E-state index contributed by atoms with van der Waals surface area (Å²) < 4.78 is 48.8. The molecule has 4 nitrogen and oxygen atoms in total. The second-order valence-corrected chi connectivity index (χ2v) is 6.31. The molecule has 1 aliphatic rings. The quantitative estimate of drug-likeness (QED) is 0.448. The molecule has 0 bridgehead atoms. The minimum absolute atomic E-state index is 0.106. The fraction of sp³-hybridized carbons (Fsp3) is 0.111. The Kier molecular flexibility index (Phi) is 5.17. The van der Waals surface area contributed by atoms with Crippen LogP contribution in [0.25, 0.3) is 6.08 Å². The van der Waals surface area contributed by atoms with E-state index < -0.39 is 17.7 Å². The standard InChI is InChI=1S/C18H10Cl2F3NO3/c1-9-24-15(17(25)26-9)6-10-3-2-4-12(5-10)27-16-13(19)7-11(8-14(16)20)18(21,22)23/h2-8H,1H3. The summed E-state index contributed by atoms with van der Waals surface area (Å²) in [6, 6.07) is 7.90. The van der Waals surface area contributed by atoms with Gasteiger partial charge in [0.2, 0.25) is 0 Å². The van der Waals surface area contributed by atoms with Crippen molar-refractivity contribution in [2.75, 3.05) is 0 Å². The van der Waals surface area contributed by atoms with Crippen LogP contribution >= 0.6 is 23.2 Å². The zero-order valence-corrected chi connectivity index (χ0v) is 15.1. The van der Waals surface area contributed by atoms with E-state index in [1.54, 1.807) is 31.2 Å². The molecule has 0 aliphatic carbocycles. The van der Waals surface area contributed by atoms with Crippen molar-refractivity contribution in [3.8, 4) is 11.5 Å². The van der Waals surface area contributed by atoms with Gasteiger partial charge in [-0.25, -0.2) is 9.79 Å². The average Bonchev–Trinajstić information content (AvgIpc) is 2.87. The molecule has 0 N–H and O–H groups in total. The monoisotopic (exact) mass is 415 g/mol. The van der Waals surface area contributed by atoms with Crippen molar-refractivity contribution in [1.82, 2.24) is 0 Å². The van der Waals surface area contributed by atoms with Crippen molar-refractivity contribution >= 4 is 41.1 Å². The number of carbonyl (C=O) groups excluding carboxylic acids is 1. The molecule has 0 unspecified atom stereocenters. The van der Waals surface area contributed by atoms with E-state index >= 15 is 0 Å². The molecule has 0 saturated heterocycles. The summed E-state index contributed by atoms with van der Waals surface area (Å²) in [4.78, 5) is 15.6. The van der Waals surface area contributed by atoms with E-state index in [1.165, 1.54) is 6.08 Å². The van der Waals surface area contributed by atoms with Crippen molar-refractivity contribution in [2.45, 2.75) is 13.1 Å². The zero-order chi connectivity index (χ0) is 19.8. The van der Waals surface area contributed by atoms with Crippen molar-refractivity contribution in [3.63, 3.8) is 0 Å². The highest BCUT2D eigenvalue weighted by atomic mass is 35.5. The summed E-state index contributed by atoms with van der Waals surface area (Å²) >= 11 is 11.8. The first kappa shape index (κ1) is 19.3. The van der Waals surface area contributed by atoms with E-state index in [4.69, 9.17) is 32.7 Å². The summed E-state index contributed by atoms with van der Waals surface area (Å²) in [5.74, 6) is -0.181. The van der Waals surface area contributed by atoms with E-state index in [9.17, 15) is 18.0 Å². The van der Waals surface area contributed by atoms with Gasteiger partial charge in [0.1, 0.15) is 5.75 Å². The van der Waals surface area contributed by atoms with Crippen molar-refractivity contribution < 1.29 is 27.4 Å². The minimum atomic E-state index is -4.58. The Hall–Kier alpha value is -2.51. The lowest BCUT2D eigenvalue weighted by molar-refractivity contribution is -0.137. The van der Waals surface area contributed by atoms with E-state index in [0.717, 1.165) is 12.1 Å². The van der Waals surface area contributed by atoms with Crippen LogP contribution in [0.15, 0.2) is 47.1 Å². The molecule has 2 aromatic rings. The van der Waals surface area contributed by atoms with Crippen LogP contribution in [-0.4, -0.2) is 11.9 Å². The minimum Gasteiger partial charge on any atom is -0.454 e. The number of alkyl halides is 3. The number of aliphatic imine (C=N–C) groups is 1. The molecule has 2 aromatic carbocycles. The lowest BCUT2D eigenvalue weighted by Gasteiger charge is -2.13. The molecule has 140 valence electrons. The van der Waals surface area contributed by atoms with Gasteiger partial charge < -0.3 is 9.47 Å². The fourth-order valence-corrected chi connectivity index (χ4v) is 2.84. The molecule has 27 heavy (non-hydrogen) atoms. The molecule has 1 heterocycles. The van der Waals surface area contributed by atoms with Crippen LogP contribution in [0.3, 0.4) is 0 Å². The number of rotatable bonds is 3. The molecule has 0 amide bonds. The number of halogens is 5. The first-order valence-corrected chi connectivity index (χ1v) is 8.22. The number of esters is 1. The van der Waals surface area contributed by atoms with Crippen LogP contribution in [0.5, 0.6) is 11.5 Å². The number of hydrogen-bond acceptors (Lipinski definition) is 4. The van der Waals surface area contributed by atoms with Gasteiger partial charge in [-0.1, -0.05) is 35.3 Å². The summed E-state index contributed by atoms with van der Waals surface area (Å²) in [6.45, 7) is 1.55. The summed E-state index contributed by atoms with van der Waals surface area (Å²) in [6.07, 6.45) is -3.09. The lowest BCUT2D eigenvalue weighted by atomic mass is 10.2. The van der Waals surface area contributed by atoms with Crippen molar-refractivity contribution in [2.24, 2.45) is 4.99 Å². The molecule has 3 rings (SSSR count). The van der Waals surface area contributed by atoms with Gasteiger partial charge in [-0.3, -0.25) is 0 Å². The molecule has 0 fully saturated rings. The second kappa shape index (κ2) is 7.25. The van der Waals surface area contributed by atoms with E-state index in [1.807, 2.05) is 0 Å². The molecular formula is C18H10Cl2F3NO3. The number of ether oxygens (including phenoxy) is 2. The molecule has 0 aromatic heterocycles. The molecule has 0 spiro atoms. The first-order valence-electron chi connectivity index (χ1n) is 7.47.